The van der Waals surface area contributed by atoms with Gasteiger partial charge >= 0.3 is 0 Å². The first-order chi connectivity index (χ1) is 12.2. The van der Waals surface area contributed by atoms with Gasteiger partial charge in [0, 0.05) is 12.1 Å². The van der Waals surface area contributed by atoms with Gasteiger partial charge in [-0.05, 0) is 36.8 Å². The highest BCUT2D eigenvalue weighted by molar-refractivity contribution is 5.93. The number of aromatic nitrogens is 2. The first-order valence-electron chi connectivity index (χ1n) is 8.24. The molecule has 130 valence electrons. The number of nitrogens with one attached hydrogen (secondary N) is 1. The molecule has 0 radical (unpaired) electrons. The quantitative estimate of drug-likeness (QED) is 0.715. The van der Waals surface area contributed by atoms with Crippen molar-refractivity contribution in [2.75, 3.05) is 7.11 Å². The summed E-state index contributed by atoms with van der Waals surface area (Å²) in [5.41, 5.74) is 2.10. The second kappa shape index (κ2) is 7.70. The van der Waals surface area contributed by atoms with E-state index in [1.165, 1.54) is 0 Å². The van der Waals surface area contributed by atoms with Crippen LogP contribution in [0, 0.1) is 0 Å². The van der Waals surface area contributed by atoms with Crippen LogP contribution in [0.15, 0.2) is 53.1 Å². The van der Waals surface area contributed by atoms with Crippen LogP contribution in [0.3, 0.4) is 0 Å². The van der Waals surface area contributed by atoms with Crippen molar-refractivity contribution in [1.29, 1.82) is 0 Å². The molecule has 0 saturated heterocycles. The maximum absolute atomic E-state index is 12.6. The molecular formula is C19H21N3O3. The molecule has 0 aliphatic rings. The Morgan fingerprint density at radius 3 is 2.84 bits per heavy atom. The molecule has 0 aliphatic heterocycles. The predicted molar refractivity (Wildman–Crippen MR) is 94.4 cm³/mol. The van der Waals surface area contributed by atoms with E-state index < -0.39 is 0 Å². The standard InChI is InChI=1S/C19H21N3O3/c1-3-10-22-17(19(23)20-13-14-7-6-11-25-14)12-16(21-22)15-8-4-5-9-18(15)24-2/h4-9,11-12H,3,10,13H2,1-2H3,(H,20,23). The van der Waals surface area contributed by atoms with Gasteiger partial charge in [0.1, 0.15) is 17.2 Å². The van der Waals surface area contributed by atoms with Crippen LogP contribution in [0.5, 0.6) is 5.75 Å². The molecule has 2 heterocycles. The molecule has 2 aromatic heterocycles. The first kappa shape index (κ1) is 16.8. The van der Waals surface area contributed by atoms with Crippen molar-refractivity contribution < 1.29 is 13.9 Å². The lowest BCUT2D eigenvalue weighted by Crippen LogP contribution is -2.25. The van der Waals surface area contributed by atoms with Gasteiger partial charge in [0.25, 0.3) is 5.91 Å². The molecule has 1 N–H and O–H groups in total. The summed E-state index contributed by atoms with van der Waals surface area (Å²) in [4.78, 5) is 12.6. The maximum Gasteiger partial charge on any atom is 0.269 e. The molecule has 1 amide bonds. The Labute approximate surface area is 146 Å². The smallest absolute Gasteiger partial charge is 0.269 e. The molecule has 1 aromatic carbocycles. The number of methoxy groups -OCH3 is 1. The minimum Gasteiger partial charge on any atom is -0.496 e. The van der Waals surface area contributed by atoms with Crippen molar-refractivity contribution in [1.82, 2.24) is 15.1 Å². The largest absolute Gasteiger partial charge is 0.496 e. The summed E-state index contributed by atoms with van der Waals surface area (Å²) in [7, 11) is 1.62. The summed E-state index contributed by atoms with van der Waals surface area (Å²) in [6.45, 7) is 3.06. The van der Waals surface area contributed by atoms with E-state index in [9.17, 15) is 4.79 Å². The Morgan fingerprint density at radius 2 is 2.12 bits per heavy atom. The summed E-state index contributed by atoms with van der Waals surface area (Å²) in [5.74, 6) is 1.25. The molecule has 3 rings (SSSR count). The van der Waals surface area contributed by atoms with Gasteiger partial charge in [-0.3, -0.25) is 9.48 Å². The molecule has 6 nitrogen and oxygen atoms in total. The van der Waals surface area contributed by atoms with Crippen LogP contribution in [0.25, 0.3) is 11.3 Å². The summed E-state index contributed by atoms with van der Waals surface area (Å²) in [5, 5.41) is 7.47. The van der Waals surface area contributed by atoms with Crippen LogP contribution in [-0.4, -0.2) is 22.8 Å². The fourth-order valence-electron chi connectivity index (χ4n) is 2.64. The topological polar surface area (TPSA) is 69.3 Å². The van der Waals surface area contributed by atoms with Crippen LogP contribution in [0.4, 0.5) is 0 Å². The van der Waals surface area contributed by atoms with Gasteiger partial charge in [0.05, 0.1) is 25.6 Å². The van der Waals surface area contributed by atoms with E-state index in [4.69, 9.17) is 9.15 Å². The Hall–Kier alpha value is -3.02. The molecule has 3 aromatic rings. The van der Waals surface area contributed by atoms with Gasteiger partial charge in [-0.25, -0.2) is 0 Å². The van der Waals surface area contributed by atoms with Gasteiger partial charge in [-0.15, -0.1) is 0 Å². The van der Waals surface area contributed by atoms with Crippen molar-refractivity contribution in [3.05, 3.63) is 60.2 Å². The third-order valence-electron chi connectivity index (χ3n) is 3.83. The van der Waals surface area contributed by atoms with Crippen LogP contribution in [0.1, 0.15) is 29.6 Å². The Kier molecular flexibility index (Phi) is 5.18. The fraction of sp³-hybridized carbons (Fsp3) is 0.263. The predicted octanol–water partition coefficient (Wildman–Crippen LogP) is 3.49. The molecule has 0 bridgehead atoms. The van der Waals surface area contributed by atoms with Crippen LogP contribution in [-0.2, 0) is 13.1 Å². The zero-order chi connectivity index (χ0) is 17.6. The minimum absolute atomic E-state index is 0.182. The number of para-hydroxylation sites is 1. The monoisotopic (exact) mass is 339 g/mol. The Morgan fingerprint density at radius 1 is 1.28 bits per heavy atom. The highest BCUT2D eigenvalue weighted by atomic mass is 16.5. The molecule has 0 unspecified atom stereocenters. The average Bonchev–Trinajstić information content (AvgIpc) is 3.30. The van der Waals surface area contributed by atoms with Gasteiger partial charge in [-0.1, -0.05) is 19.1 Å². The van der Waals surface area contributed by atoms with E-state index >= 15 is 0 Å². The normalized spacial score (nSPS) is 10.6. The van der Waals surface area contributed by atoms with Gasteiger partial charge in [0.2, 0.25) is 0 Å². The van der Waals surface area contributed by atoms with Crippen molar-refractivity contribution in [3.8, 4) is 17.0 Å². The zero-order valence-electron chi connectivity index (χ0n) is 14.4. The van der Waals surface area contributed by atoms with Gasteiger partial charge < -0.3 is 14.5 Å². The zero-order valence-corrected chi connectivity index (χ0v) is 14.4. The number of carbonyl (C=O) groups excluding carboxylic acids is 1. The lowest BCUT2D eigenvalue weighted by atomic mass is 10.1. The van der Waals surface area contributed by atoms with Crippen LogP contribution < -0.4 is 10.1 Å². The van der Waals surface area contributed by atoms with Crippen molar-refractivity contribution in [2.24, 2.45) is 0 Å². The van der Waals surface area contributed by atoms with E-state index in [1.54, 1.807) is 30.2 Å². The van der Waals surface area contributed by atoms with E-state index in [0.717, 1.165) is 17.7 Å². The number of carbonyl (C=O) groups is 1. The van der Waals surface area contributed by atoms with Crippen molar-refractivity contribution in [3.63, 3.8) is 0 Å². The van der Waals surface area contributed by atoms with Crippen LogP contribution in [0.2, 0.25) is 0 Å². The summed E-state index contributed by atoms with van der Waals surface area (Å²) >= 11 is 0. The molecule has 25 heavy (non-hydrogen) atoms. The molecule has 0 saturated carbocycles. The van der Waals surface area contributed by atoms with E-state index in [1.807, 2.05) is 30.3 Å². The van der Waals surface area contributed by atoms with E-state index in [-0.39, 0.29) is 5.91 Å². The van der Waals surface area contributed by atoms with Crippen LogP contribution >= 0.6 is 0 Å². The third kappa shape index (κ3) is 3.74. The average molecular weight is 339 g/mol. The van der Waals surface area contributed by atoms with E-state index in [0.29, 0.717) is 30.2 Å². The Bertz CT molecular complexity index is 837. The number of ether oxygens (including phenoxy) is 1. The molecule has 0 aliphatic carbocycles. The summed E-state index contributed by atoms with van der Waals surface area (Å²) in [6, 6.07) is 13.1. The van der Waals surface area contributed by atoms with Gasteiger partial charge in [0.15, 0.2) is 0 Å². The number of benzene rings is 1. The van der Waals surface area contributed by atoms with Crippen molar-refractivity contribution in [2.45, 2.75) is 26.4 Å². The number of hydrogen-bond acceptors (Lipinski definition) is 4. The SMILES string of the molecule is CCCn1nc(-c2ccccc2OC)cc1C(=O)NCc1ccco1. The van der Waals surface area contributed by atoms with E-state index in [2.05, 4.69) is 17.3 Å². The highest BCUT2D eigenvalue weighted by Crippen LogP contribution is 2.29. The molecule has 0 fully saturated rings. The third-order valence-corrected chi connectivity index (χ3v) is 3.83. The lowest BCUT2D eigenvalue weighted by Gasteiger charge is -2.06. The molecule has 6 heteroatoms. The molecule has 0 spiro atoms. The first-order valence-corrected chi connectivity index (χ1v) is 8.24. The number of aryl methyl sites for hydroxylation is 1. The summed E-state index contributed by atoms with van der Waals surface area (Å²) < 4.78 is 12.4. The molecular weight excluding hydrogens is 318 g/mol. The second-order valence-corrected chi connectivity index (χ2v) is 5.60. The second-order valence-electron chi connectivity index (χ2n) is 5.60. The molecule has 0 atom stereocenters. The van der Waals surface area contributed by atoms with Crippen molar-refractivity contribution >= 4 is 5.91 Å². The summed E-state index contributed by atoms with van der Waals surface area (Å²) in [6.07, 6.45) is 2.47. The maximum atomic E-state index is 12.6. The number of furan rings is 1. The highest BCUT2D eigenvalue weighted by Gasteiger charge is 2.18. The van der Waals surface area contributed by atoms with Gasteiger partial charge in [-0.2, -0.15) is 5.10 Å². The minimum atomic E-state index is -0.182. The number of rotatable bonds is 7. The number of nitrogens with zero attached hydrogens (tertiary/aromatic N) is 2. The number of amides is 1. The fourth-order valence-corrected chi connectivity index (χ4v) is 2.64. The number of hydrogen-bond donors (Lipinski definition) is 1. The lowest BCUT2D eigenvalue weighted by molar-refractivity contribution is 0.0937. The Balaban J connectivity index is 1.87.